The fraction of sp³-hybridized carbons (Fsp3) is 0.538. The van der Waals surface area contributed by atoms with Crippen LogP contribution >= 0.6 is 11.6 Å². The molecule has 1 aromatic carbocycles. The SMILES string of the molecule is CN1CCN(CCc2ccc(F)c(F)c2)C(Cl)C1. The summed E-state index contributed by atoms with van der Waals surface area (Å²) in [5, 5.41) is 0. The van der Waals surface area contributed by atoms with Gasteiger partial charge >= 0.3 is 0 Å². The van der Waals surface area contributed by atoms with E-state index in [0.717, 1.165) is 31.7 Å². The summed E-state index contributed by atoms with van der Waals surface area (Å²) in [6.07, 6.45) is 0.685. The Kier molecular flexibility index (Phi) is 4.54. The molecule has 1 aliphatic rings. The van der Waals surface area contributed by atoms with Crippen molar-refractivity contribution < 1.29 is 8.78 Å². The Hall–Kier alpha value is -0.710. The molecule has 1 aliphatic heterocycles. The number of benzene rings is 1. The quantitative estimate of drug-likeness (QED) is 0.617. The maximum Gasteiger partial charge on any atom is 0.159 e. The van der Waals surface area contributed by atoms with Crippen molar-refractivity contribution in [2.75, 3.05) is 33.2 Å². The number of rotatable bonds is 3. The van der Waals surface area contributed by atoms with Gasteiger partial charge in [0.2, 0.25) is 0 Å². The Morgan fingerprint density at radius 1 is 1.28 bits per heavy atom. The topological polar surface area (TPSA) is 6.48 Å². The van der Waals surface area contributed by atoms with Crippen molar-refractivity contribution in [1.29, 1.82) is 0 Å². The number of likely N-dealkylation sites (N-methyl/N-ethyl adjacent to an activating group) is 1. The Balaban J connectivity index is 1.89. The number of piperazine rings is 1. The van der Waals surface area contributed by atoms with Crippen molar-refractivity contribution in [3.63, 3.8) is 0 Å². The van der Waals surface area contributed by atoms with E-state index in [0.29, 0.717) is 6.42 Å². The third-order valence-electron chi connectivity index (χ3n) is 3.30. The lowest BCUT2D eigenvalue weighted by molar-refractivity contribution is 0.133. The zero-order chi connectivity index (χ0) is 13.1. The molecule has 0 aromatic heterocycles. The number of halogens is 3. The van der Waals surface area contributed by atoms with Gasteiger partial charge in [-0.1, -0.05) is 6.07 Å². The van der Waals surface area contributed by atoms with Crippen LogP contribution in [0.15, 0.2) is 18.2 Å². The fourth-order valence-electron chi connectivity index (χ4n) is 2.12. The van der Waals surface area contributed by atoms with Gasteiger partial charge < -0.3 is 4.90 Å². The summed E-state index contributed by atoms with van der Waals surface area (Å²) in [5.41, 5.74) is 0.797. The maximum absolute atomic E-state index is 13.1. The number of hydrogen-bond acceptors (Lipinski definition) is 2. The summed E-state index contributed by atoms with van der Waals surface area (Å²) in [6, 6.07) is 4.05. The first-order valence-electron chi connectivity index (χ1n) is 6.07. The predicted molar refractivity (Wildman–Crippen MR) is 68.8 cm³/mol. The molecular weight excluding hydrogens is 258 g/mol. The summed E-state index contributed by atoms with van der Waals surface area (Å²) in [5.74, 6) is -1.58. The van der Waals surface area contributed by atoms with Gasteiger partial charge in [0, 0.05) is 26.2 Å². The Labute approximate surface area is 111 Å². The molecule has 0 saturated carbocycles. The monoisotopic (exact) mass is 274 g/mol. The van der Waals surface area contributed by atoms with E-state index in [1.807, 2.05) is 7.05 Å². The van der Waals surface area contributed by atoms with Crippen LogP contribution in [0.1, 0.15) is 5.56 Å². The molecule has 0 N–H and O–H groups in total. The molecule has 1 atom stereocenters. The summed E-state index contributed by atoms with van der Waals surface area (Å²) in [6.45, 7) is 3.50. The van der Waals surface area contributed by atoms with Gasteiger partial charge in [-0.15, -0.1) is 11.6 Å². The second kappa shape index (κ2) is 5.95. The van der Waals surface area contributed by atoms with E-state index in [9.17, 15) is 8.78 Å². The van der Waals surface area contributed by atoms with Gasteiger partial charge in [0.1, 0.15) is 0 Å². The molecule has 0 aliphatic carbocycles. The normalized spacial score (nSPS) is 22.3. The average molecular weight is 275 g/mol. The molecule has 1 heterocycles. The van der Waals surface area contributed by atoms with Crippen LogP contribution < -0.4 is 0 Å². The molecule has 2 nitrogen and oxygen atoms in total. The molecule has 1 unspecified atom stereocenters. The highest BCUT2D eigenvalue weighted by Crippen LogP contribution is 2.14. The molecule has 0 bridgehead atoms. The van der Waals surface area contributed by atoms with Gasteiger partial charge in [-0.05, 0) is 31.2 Å². The summed E-state index contributed by atoms with van der Waals surface area (Å²) in [7, 11) is 2.04. The lowest BCUT2D eigenvalue weighted by Crippen LogP contribution is -2.49. The Morgan fingerprint density at radius 3 is 2.72 bits per heavy atom. The van der Waals surface area contributed by atoms with Gasteiger partial charge in [-0.2, -0.15) is 0 Å². The third-order valence-corrected chi connectivity index (χ3v) is 3.71. The highest BCUT2D eigenvalue weighted by molar-refractivity contribution is 6.20. The van der Waals surface area contributed by atoms with E-state index >= 15 is 0 Å². The molecule has 1 aromatic rings. The van der Waals surface area contributed by atoms with Crippen LogP contribution in [0.25, 0.3) is 0 Å². The number of alkyl halides is 1. The predicted octanol–water partition coefficient (Wildman–Crippen LogP) is 2.32. The lowest BCUT2D eigenvalue weighted by atomic mass is 10.1. The molecule has 5 heteroatoms. The van der Waals surface area contributed by atoms with Crippen LogP contribution in [0.3, 0.4) is 0 Å². The second-order valence-electron chi connectivity index (χ2n) is 4.73. The van der Waals surface area contributed by atoms with Crippen LogP contribution in [-0.2, 0) is 6.42 Å². The first-order chi connectivity index (χ1) is 8.56. The minimum Gasteiger partial charge on any atom is -0.302 e. The van der Waals surface area contributed by atoms with E-state index in [-0.39, 0.29) is 5.50 Å². The van der Waals surface area contributed by atoms with Gasteiger partial charge in [0.15, 0.2) is 11.6 Å². The van der Waals surface area contributed by atoms with E-state index in [1.165, 1.54) is 12.1 Å². The summed E-state index contributed by atoms with van der Waals surface area (Å²) in [4.78, 5) is 4.36. The largest absolute Gasteiger partial charge is 0.302 e. The minimum atomic E-state index is -0.798. The third kappa shape index (κ3) is 3.40. The molecule has 1 fully saturated rings. The zero-order valence-electron chi connectivity index (χ0n) is 10.4. The molecular formula is C13H17ClF2N2. The minimum absolute atomic E-state index is 0.00551. The molecule has 0 spiro atoms. The Bertz CT molecular complexity index is 414. The smallest absolute Gasteiger partial charge is 0.159 e. The molecule has 2 rings (SSSR count). The molecule has 0 amide bonds. The van der Waals surface area contributed by atoms with Crippen LogP contribution in [0, 0.1) is 11.6 Å². The molecule has 0 radical (unpaired) electrons. The van der Waals surface area contributed by atoms with Crippen molar-refractivity contribution in [1.82, 2.24) is 9.80 Å². The average Bonchev–Trinajstić information content (AvgIpc) is 2.32. The number of hydrogen-bond donors (Lipinski definition) is 0. The van der Waals surface area contributed by atoms with Crippen LogP contribution in [0.5, 0.6) is 0 Å². The van der Waals surface area contributed by atoms with Crippen LogP contribution in [0.2, 0.25) is 0 Å². The highest BCUT2D eigenvalue weighted by Gasteiger charge is 2.22. The van der Waals surface area contributed by atoms with Crippen molar-refractivity contribution in [2.45, 2.75) is 11.9 Å². The fourth-order valence-corrected chi connectivity index (χ4v) is 2.55. The molecule has 100 valence electrons. The first-order valence-corrected chi connectivity index (χ1v) is 6.50. The summed E-state index contributed by atoms with van der Waals surface area (Å²) < 4.78 is 25.8. The molecule has 1 saturated heterocycles. The van der Waals surface area contributed by atoms with Gasteiger partial charge in [-0.3, -0.25) is 4.90 Å². The van der Waals surface area contributed by atoms with Crippen molar-refractivity contribution in [3.05, 3.63) is 35.4 Å². The standard InChI is InChI=1S/C13H17ClF2N2/c1-17-6-7-18(13(14)9-17)5-4-10-2-3-11(15)12(16)8-10/h2-3,8,13H,4-7,9H2,1H3. The van der Waals surface area contributed by atoms with E-state index in [4.69, 9.17) is 11.6 Å². The zero-order valence-corrected chi connectivity index (χ0v) is 11.1. The molecule has 18 heavy (non-hydrogen) atoms. The van der Waals surface area contributed by atoms with Crippen molar-refractivity contribution in [3.8, 4) is 0 Å². The van der Waals surface area contributed by atoms with Crippen LogP contribution in [0.4, 0.5) is 8.78 Å². The van der Waals surface area contributed by atoms with Crippen molar-refractivity contribution in [2.24, 2.45) is 0 Å². The van der Waals surface area contributed by atoms with Crippen LogP contribution in [-0.4, -0.2) is 48.5 Å². The van der Waals surface area contributed by atoms with Gasteiger partial charge in [-0.25, -0.2) is 8.78 Å². The number of nitrogens with zero attached hydrogens (tertiary/aromatic N) is 2. The lowest BCUT2D eigenvalue weighted by Gasteiger charge is -2.36. The van der Waals surface area contributed by atoms with E-state index < -0.39 is 11.6 Å². The second-order valence-corrected chi connectivity index (χ2v) is 5.23. The highest BCUT2D eigenvalue weighted by atomic mass is 35.5. The summed E-state index contributed by atoms with van der Waals surface area (Å²) >= 11 is 6.25. The Morgan fingerprint density at radius 2 is 2.06 bits per heavy atom. The maximum atomic E-state index is 13.1. The van der Waals surface area contributed by atoms with E-state index in [2.05, 4.69) is 9.80 Å². The van der Waals surface area contributed by atoms with Gasteiger partial charge in [0.25, 0.3) is 0 Å². The van der Waals surface area contributed by atoms with Crippen molar-refractivity contribution >= 4 is 11.6 Å². The van der Waals surface area contributed by atoms with E-state index in [1.54, 1.807) is 6.07 Å². The first kappa shape index (κ1) is 13.7. The van der Waals surface area contributed by atoms with Gasteiger partial charge in [0.05, 0.1) is 5.50 Å².